The predicted molar refractivity (Wildman–Crippen MR) is 210 cm³/mol. The Bertz CT molecular complexity index is 3560. The minimum atomic E-state index is -0.741. The van der Waals surface area contributed by atoms with Crippen LogP contribution >= 0.6 is 0 Å². The fraction of sp³-hybridized carbons (Fsp3) is 0. The summed E-state index contributed by atoms with van der Waals surface area (Å²) in [5, 5.41) is 1.52. The van der Waals surface area contributed by atoms with Crippen LogP contribution in [-0.4, -0.2) is 4.57 Å². The highest BCUT2D eigenvalue weighted by molar-refractivity contribution is 6.12. The second kappa shape index (κ2) is 11.5. The number of fused-ring (bicyclic) bond motifs is 6. The fourth-order valence-corrected chi connectivity index (χ4v) is 6.43. The summed E-state index contributed by atoms with van der Waals surface area (Å²) in [4.78, 5) is 0. The van der Waals surface area contributed by atoms with E-state index in [-0.39, 0.29) is 21.8 Å². The van der Waals surface area contributed by atoms with Gasteiger partial charge in [-0.05, 0) is 99.0 Å². The Morgan fingerprint density at radius 3 is 1.48 bits per heavy atom. The smallest absolute Gasteiger partial charge is 0.135 e. The third-order valence-corrected chi connectivity index (χ3v) is 8.84. The summed E-state index contributed by atoms with van der Waals surface area (Å²) in [6, 6.07) is 17.6. The Kier molecular flexibility index (Phi) is 3.83. The summed E-state index contributed by atoms with van der Waals surface area (Å²) >= 11 is 0. The molecule has 2 heterocycles. The van der Waals surface area contributed by atoms with Crippen molar-refractivity contribution in [2.75, 3.05) is 0 Å². The van der Waals surface area contributed by atoms with Crippen molar-refractivity contribution in [1.29, 1.82) is 0 Å². The molecule has 2 heteroatoms. The zero-order chi connectivity index (χ0) is 46.9. The van der Waals surface area contributed by atoms with Gasteiger partial charge in [-0.1, -0.05) is 133 Å². The normalized spacial score (nSPS) is 16.1. The van der Waals surface area contributed by atoms with Gasteiger partial charge in [-0.25, -0.2) is 0 Å². The van der Waals surface area contributed by atoms with Gasteiger partial charge in [-0.3, -0.25) is 0 Å². The molecule has 0 spiro atoms. The molecule has 8 aromatic carbocycles. The van der Waals surface area contributed by atoms with E-state index in [0.717, 1.165) is 44.2 Å². The minimum absolute atomic E-state index is 0.171. The number of hydrogen-bond acceptors (Lipinski definition) is 1. The molecular weight excluding hydrogens is 607 g/mol. The highest BCUT2D eigenvalue weighted by atomic mass is 16.3. The maximum absolute atomic E-state index is 9.62. The lowest BCUT2D eigenvalue weighted by atomic mass is 9.99. The van der Waals surface area contributed by atoms with E-state index in [2.05, 4.69) is 6.07 Å². The van der Waals surface area contributed by atoms with E-state index in [1.54, 1.807) is 24.3 Å². The maximum Gasteiger partial charge on any atom is 0.135 e. The summed E-state index contributed by atoms with van der Waals surface area (Å²) in [7, 11) is 0. The highest BCUT2D eigenvalue weighted by Gasteiger charge is 2.15. The van der Waals surface area contributed by atoms with Crippen LogP contribution in [0.25, 0.3) is 93.9 Å². The number of rotatable bonds is 5. The summed E-state index contributed by atoms with van der Waals surface area (Å²) in [6.45, 7) is 0. The van der Waals surface area contributed by atoms with E-state index >= 15 is 0 Å². The molecule has 2 aromatic heterocycles. The van der Waals surface area contributed by atoms with Crippen LogP contribution in [0, 0.1) is 0 Å². The van der Waals surface area contributed by atoms with E-state index < -0.39 is 119 Å². The zero-order valence-electron chi connectivity index (χ0n) is 42.0. The predicted octanol–water partition coefficient (Wildman–Crippen LogP) is 13.4. The molecule has 0 aliphatic carbocycles. The molecule has 2 nitrogen and oxygen atoms in total. The van der Waals surface area contributed by atoms with Gasteiger partial charge in [0.1, 0.15) is 11.2 Å². The molecule has 0 atom stereocenters. The molecule has 50 heavy (non-hydrogen) atoms. The van der Waals surface area contributed by atoms with Gasteiger partial charge < -0.3 is 8.98 Å². The first-order chi connectivity index (χ1) is 31.4. The molecule has 0 radical (unpaired) electrons. The largest absolute Gasteiger partial charge is 0.456 e. The van der Waals surface area contributed by atoms with Crippen molar-refractivity contribution >= 4 is 43.7 Å². The third-order valence-electron chi connectivity index (χ3n) is 8.84. The Hall–Kier alpha value is -6.64. The molecule has 0 aliphatic heterocycles. The summed E-state index contributed by atoms with van der Waals surface area (Å²) < 4.78 is 148. The van der Waals surface area contributed by atoms with E-state index in [1.165, 1.54) is 4.57 Å². The van der Waals surface area contributed by atoms with Gasteiger partial charge in [-0.15, -0.1) is 0 Å². The second-order valence-corrected chi connectivity index (χ2v) is 11.7. The van der Waals surface area contributed by atoms with Crippen LogP contribution in [0.4, 0.5) is 0 Å². The van der Waals surface area contributed by atoms with Crippen LogP contribution in [0.2, 0.25) is 0 Å². The van der Waals surface area contributed by atoms with Crippen molar-refractivity contribution in [3.8, 4) is 50.2 Å². The van der Waals surface area contributed by atoms with Crippen molar-refractivity contribution in [3.63, 3.8) is 0 Å². The number of aromatic nitrogens is 1. The average molecular weight is 654 g/mol. The van der Waals surface area contributed by atoms with Gasteiger partial charge in [-0.2, -0.15) is 0 Å². The van der Waals surface area contributed by atoms with Crippen LogP contribution in [0.1, 0.15) is 21.9 Å². The zero-order valence-corrected chi connectivity index (χ0v) is 26.0. The van der Waals surface area contributed by atoms with Crippen LogP contribution in [-0.2, 0) is 0 Å². The lowest BCUT2D eigenvalue weighted by molar-refractivity contribution is 0.669. The molecule has 234 valence electrons. The van der Waals surface area contributed by atoms with Crippen LogP contribution < -0.4 is 0 Å². The topological polar surface area (TPSA) is 18.1 Å². The standard InChI is InChI=1S/C48H31NO/c1-3-9-32(10-4-1)37-21-26-45-42(29-37)43-30-38(33-11-5-2-6-12-33)22-27-46(43)49(45)40-24-19-35(20-25-40)34-15-17-36(18-16-34)39-23-28-48-44(31-39)41-13-7-8-14-47(41)50-48/h1-31H/i1D,2D,3D,4D,5D,6D,9D,10D,11D,12D,21D,22D,26D,27D,29D,30D. The number of benzene rings is 8. The Balaban J connectivity index is 1.20. The number of hydrogen-bond donors (Lipinski definition) is 0. The molecule has 0 N–H and O–H groups in total. The quantitative estimate of drug-likeness (QED) is 0.181. The van der Waals surface area contributed by atoms with Crippen molar-refractivity contribution in [2.24, 2.45) is 0 Å². The molecule has 0 fully saturated rings. The van der Waals surface area contributed by atoms with Gasteiger partial charge in [0.15, 0.2) is 0 Å². The number of nitrogens with zero attached hydrogens (tertiary/aromatic N) is 1. The van der Waals surface area contributed by atoms with Gasteiger partial charge in [0.2, 0.25) is 0 Å². The summed E-state index contributed by atoms with van der Waals surface area (Å²) in [5.41, 5.74) is 3.06. The minimum Gasteiger partial charge on any atom is -0.456 e. The van der Waals surface area contributed by atoms with Gasteiger partial charge in [0, 0.05) is 27.2 Å². The first kappa shape index (κ1) is 16.6. The SMILES string of the molecule is [2H]c1c([2H])c([2H])c(-c2c([2H])c([2H])c3c(c2[2H])c2c([2H])c(-c4c([2H])c([2H])c([2H])c([2H])c4[2H])c([2H])c([2H])c2n3-c2ccc(-c3ccc(-c4ccc5oc6ccccc6c5c4)cc3)cc2)c([2H])c1[2H]. The Labute approximate surface area is 312 Å². The van der Waals surface area contributed by atoms with Gasteiger partial charge >= 0.3 is 0 Å². The molecule has 10 aromatic rings. The van der Waals surface area contributed by atoms with Gasteiger partial charge in [0.05, 0.1) is 33.0 Å². The lowest BCUT2D eigenvalue weighted by Gasteiger charge is -2.11. The first-order valence-corrected chi connectivity index (χ1v) is 15.8. The van der Waals surface area contributed by atoms with Crippen molar-refractivity contribution in [1.82, 2.24) is 4.57 Å². The highest BCUT2D eigenvalue weighted by Crippen LogP contribution is 2.38. The molecule has 0 bridgehead atoms. The molecule has 0 aliphatic rings. The van der Waals surface area contributed by atoms with E-state index in [9.17, 15) is 8.22 Å². The van der Waals surface area contributed by atoms with Crippen LogP contribution in [0.3, 0.4) is 0 Å². The van der Waals surface area contributed by atoms with Crippen molar-refractivity contribution in [2.45, 2.75) is 0 Å². The monoisotopic (exact) mass is 653 g/mol. The van der Waals surface area contributed by atoms with E-state index in [0.29, 0.717) is 5.69 Å². The second-order valence-electron chi connectivity index (χ2n) is 11.7. The van der Waals surface area contributed by atoms with Crippen LogP contribution in [0.15, 0.2) is 192 Å². The van der Waals surface area contributed by atoms with Gasteiger partial charge in [0.25, 0.3) is 0 Å². The fourth-order valence-electron chi connectivity index (χ4n) is 6.43. The first-order valence-electron chi connectivity index (χ1n) is 23.8. The molecule has 0 unspecified atom stereocenters. The molecule has 10 rings (SSSR count). The lowest BCUT2D eigenvalue weighted by Crippen LogP contribution is -1.94. The van der Waals surface area contributed by atoms with Crippen molar-refractivity contribution in [3.05, 3.63) is 188 Å². The maximum atomic E-state index is 9.62. The number of para-hydroxylation sites is 1. The Morgan fingerprint density at radius 1 is 0.380 bits per heavy atom. The number of furan rings is 1. The average Bonchev–Trinajstić information content (AvgIpc) is 3.89. The van der Waals surface area contributed by atoms with Crippen molar-refractivity contribution < 1.29 is 26.3 Å². The molecular formula is C48H31NO. The molecule has 0 amide bonds. The van der Waals surface area contributed by atoms with E-state index in [1.807, 2.05) is 60.7 Å². The molecule has 0 saturated heterocycles. The Morgan fingerprint density at radius 2 is 0.880 bits per heavy atom. The summed E-state index contributed by atoms with van der Waals surface area (Å²) in [6.07, 6.45) is 0. The molecule has 0 saturated carbocycles. The van der Waals surface area contributed by atoms with Crippen LogP contribution in [0.5, 0.6) is 0 Å². The van der Waals surface area contributed by atoms with E-state index in [4.69, 9.17) is 18.1 Å². The third kappa shape index (κ3) is 4.73. The summed E-state index contributed by atoms with van der Waals surface area (Å²) in [5.74, 6) is 0.